The van der Waals surface area contributed by atoms with Gasteiger partial charge in [0.2, 0.25) is 0 Å². The third-order valence-electron chi connectivity index (χ3n) is 4.97. The average molecular weight is 406 g/mol. The van der Waals surface area contributed by atoms with Crippen molar-refractivity contribution < 1.29 is 14.3 Å². The first-order valence-corrected chi connectivity index (χ1v) is 9.53. The number of aldehydes is 1. The highest BCUT2D eigenvalue weighted by atomic mass is 35.5. The van der Waals surface area contributed by atoms with Crippen LogP contribution in [0, 0.1) is 6.92 Å². The molecule has 0 saturated carbocycles. The molecule has 0 unspecified atom stereocenters. The molecule has 144 valence electrons. The fraction of sp³-hybridized carbons (Fsp3) is 0.136. The molecule has 0 radical (unpaired) electrons. The van der Waals surface area contributed by atoms with Gasteiger partial charge in [-0.15, -0.1) is 5.10 Å². The van der Waals surface area contributed by atoms with Crippen LogP contribution < -0.4 is 9.47 Å². The van der Waals surface area contributed by atoms with Crippen molar-refractivity contribution in [3.05, 3.63) is 64.8 Å². The normalized spacial score (nSPS) is 12.9. The number of hydrogen-bond acceptors (Lipinski definition) is 5. The first-order chi connectivity index (χ1) is 14.1. The summed E-state index contributed by atoms with van der Waals surface area (Å²) >= 11 is 6.27. The summed E-state index contributed by atoms with van der Waals surface area (Å²) in [4.78, 5) is 15.7. The monoisotopic (exact) mass is 405 g/mol. The first-order valence-electron chi connectivity index (χ1n) is 9.15. The van der Waals surface area contributed by atoms with Crippen LogP contribution in [0.25, 0.3) is 28.2 Å². The molecule has 7 heteroatoms. The lowest BCUT2D eigenvalue weighted by Crippen LogP contribution is -2.15. The lowest BCUT2D eigenvalue weighted by Gasteiger charge is -2.19. The van der Waals surface area contributed by atoms with Gasteiger partial charge in [-0.25, -0.2) is 9.50 Å². The molecule has 0 spiro atoms. The van der Waals surface area contributed by atoms with E-state index in [0.29, 0.717) is 35.3 Å². The Hall–Kier alpha value is -3.38. The topological polar surface area (TPSA) is 65.7 Å². The third-order valence-corrected chi connectivity index (χ3v) is 5.25. The minimum Gasteiger partial charge on any atom is -0.486 e. The fourth-order valence-electron chi connectivity index (χ4n) is 3.55. The highest BCUT2D eigenvalue weighted by Crippen LogP contribution is 2.37. The van der Waals surface area contributed by atoms with E-state index < -0.39 is 0 Å². The van der Waals surface area contributed by atoms with E-state index in [1.165, 1.54) is 4.52 Å². The number of carbonyl (C=O) groups is 1. The number of carbonyl (C=O) groups excluding carboxylic acids is 1. The number of halogens is 1. The predicted octanol–water partition coefficient (Wildman–Crippen LogP) is 4.61. The molecule has 5 rings (SSSR count). The number of aromatic nitrogens is 3. The van der Waals surface area contributed by atoms with E-state index >= 15 is 0 Å². The van der Waals surface area contributed by atoms with Crippen LogP contribution in [-0.4, -0.2) is 34.1 Å². The second-order valence-corrected chi connectivity index (χ2v) is 7.19. The van der Waals surface area contributed by atoms with Crippen LogP contribution in [0.5, 0.6) is 11.5 Å². The number of ether oxygens (including phenoxy) is 2. The van der Waals surface area contributed by atoms with E-state index in [4.69, 9.17) is 21.1 Å². The number of pyridine rings is 1. The van der Waals surface area contributed by atoms with Crippen LogP contribution in [0.15, 0.2) is 48.7 Å². The summed E-state index contributed by atoms with van der Waals surface area (Å²) in [5, 5.41) is 4.92. The van der Waals surface area contributed by atoms with Crippen molar-refractivity contribution in [3.63, 3.8) is 0 Å². The Kier molecular flexibility index (Phi) is 4.21. The van der Waals surface area contributed by atoms with Gasteiger partial charge in [0.05, 0.1) is 5.02 Å². The highest BCUT2D eigenvalue weighted by molar-refractivity contribution is 6.33. The van der Waals surface area contributed by atoms with Gasteiger partial charge in [0, 0.05) is 17.3 Å². The zero-order chi connectivity index (χ0) is 20.0. The molecule has 0 saturated heterocycles. The molecule has 0 aliphatic carbocycles. The molecule has 0 amide bonds. The molecule has 4 aromatic rings. The second kappa shape index (κ2) is 6.90. The molecule has 6 nitrogen and oxygen atoms in total. The fourth-order valence-corrected chi connectivity index (χ4v) is 3.80. The van der Waals surface area contributed by atoms with Gasteiger partial charge in [-0.1, -0.05) is 35.9 Å². The number of rotatable bonds is 3. The van der Waals surface area contributed by atoms with E-state index in [9.17, 15) is 4.79 Å². The minimum absolute atomic E-state index is 0.383. The molecule has 29 heavy (non-hydrogen) atoms. The zero-order valence-corrected chi connectivity index (χ0v) is 16.3. The maximum absolute atomic E-state index is 11.1. The van der Waals surface area contributed by atoms with Gasteiger partial charge in [-0.3, -0.25) is 4.79 Å². The molecule has 0 atom stereocenters. The van der Waals surface area contributed by atoms with E-state index in [1.807, 2.05) is 37.3 Å². The molecule has 2 aromatic heterocycles. The molecular weight excluding hydrogens is 390 g/mol. The Morgan fingerprint density at radius 3 is 2.69 bits per heavy atom. The summed E-state index contributed by atoms with van der Waals surface area (Å²) in [6, 6.07) is 13.5. The molecule has 1 aliphatic rings. The van der Waals surface area contributed by atoms with Crippen molar-refractivity contribution in [2.45, 2.75) is 6.92 Å². The number of fused-ring (bicyclic) bond motifs is 2. The Labute approximate surface area is 171 Å². The van der Waals surface area contributed by atoms with Crippen LogP contribution in [-0.2, 0) is 0 Å². The Morgan fingerprint density at radius 2 is 1.86 bits per heavy atom. The molecule has 1 aliphatic heterocycles. The van der Waals surface area contributed by atoms with Crippen molar-refractivity contribution in [2.75, 3.05) is 13.2 Å². The SMILES string of the molecule is Cc1c(-c2ccc3c(c2)OCCO3)cccc1-c1nc2c(Cl)cc(C=O)cn2n1. The molecule has 0 fully saturated rings. The Bertz CT molecular complexity index is 1270. The summed E-state index contributed by atoms with van der Waals surface area (Å²) in [7, 11) is 0. The van der Waals surface area contributed by atoms with Gasteiger partial charge >= 0.3 is 0 Å². The van der Waals surface area contributed by atoms with E-state index in [2.05, 4.69) is 16.1 Å². The van der Waals surface area contributed by atoms with Gasteiger partial charge in [0.15, 0.2) is 29.3 Å². The van der Waals surface area contributed by atoms with Gasteiger partial charge in [0.25, 0.3) is 0 Å². The number of hydrogen-bond donors (Lipinski definition) is 0. The highest BCUT2D eigenvalue weighted by Gasteiger charge is 2.17. The standard InChI is InChI=1S/C22H16ClN3O3/c1-13-16(15-5-6-19-20(10-15)29-8-7-28-19)3-2-4-17(13)21-24-22-18(23)9-14(12-27)11-26(22)25-21/h2-6,9-12H,7-8H2,1H3. The van der Waals surface area contributed by atoms with Crippen molar-refractivity contribution >= 4 is 23.5 Å². The molecule has 2 aromatic carbocycles. The molecular formula is C22H16ClN3O3. The van der Waals surface area contributed by atoms with Gasteiger partial charge in [0.1, 0.15) is 13.2 Å². The maximum Gasteiger partial charge on any atom is 0.182 e. The van der Waals surface area contributed by atoms with E-state index in [1.54, 1.807) is 12.3 Å². The van der Waals surface area contributed by atoms with Crippen molar-refractivity contribution in [1.82, 2.24) is 14.6 Å². The van der Waals surface area contributed by atoms with Crippen molar-refractivity contribution in [1.29, 1.82) is 0 Å². The number of nitrogens with zero attached hydrogens (tertiary/aromatic N) is 3. The number of benzene rings is 2. The Balaban J connectivity index is 1.62. The smallest absolute Gasteiger partial charge is 0.182 e. The van der Waals surface area contributed by atoms with Crippen LogP contribution in [0.2, 0.25) is 5.02 Å². The quantitative estimate of drug-likeness (QED) is 0.466. The van der Waals surface area contributed by atoms with E-state index in [-0.39, 0.29) is 0 Å². The summed E-state index contributed by atoms with van der Waals surface area (Å²) in [6.07, 6.45) is 2.35. The van der Waals surface area contributed by atoms with Crippen LogP contribution in [0.4, 0.5) is 0 Å². The van der Waals surface area contributed by atoms with Gasteiger partial charge in [-0.2, -0.15) is 0 Å². The van der Waals surface area contributed by atoms with Gasteiger partial charge < -0.3 is 9.47 Å². The average Bonchev–Trinajstić information content (AvgIpc) is 3.18. The minimum atomic E-state index is 0.383. The second-order valence-electron chi connectivity index (χ2n) is 6.78. The van der Waals surface area contributed by atoms with Crippen LogP contribution >= 0.6 is 11.6 Å². The largest absolute Gasteiger partial charge is 0.486 e. The maximum atomic E-state index is 11.1. The zero-order valence-electron chi connectivity index (χ0n) is 15.6. The lowest BCUT2D eigenvalue weighted by molar-refractivity contribution is 0.112. The summed E-state index contributed by atoms with van der Waals surface area (Å²) in [6.45, 7) is 3.14. The van der Waals surface area contributed by atoms with Crippen LogP contribution in [0.3, 0.4) is 0 Å². The molecule has 3 heterocycles. The molecule has 0 bridgehead atoms. The van der Waals surface area contributed by atoms with Crippen LogP contribution in [0.1, 0.15) is 15.9 Å². The van der Waals surface area contributed by atoms with Gasteiger partial charge in [-0.05, 0) is 41.8 Å². The Morgan fingerprint density at radius 1 is 1.07 bits per heavy atom. The predicted molar refractivity (Wildman–Crippen MR) is 110 cm³/mol. The van der Waals surface area contributed by atoms with Crippen molar-refractivity contribution in [2.24, 2.45) is 0 Å². The summed E-state index contributed by atoms with van der Waals surface area (Å²) < 4.78 is 12.9. The summed E-state index contributed by atoms with van der Waals surface area (Å²) in [5.74, 6) is 2.06. The lowest BCUT2D eigenvalue weighted by atomic mass is 9.96. The third kappa shape index (κ3) is 3.02. The van der Waals surface area contributed by atoms with Crippen molar-refractivity contribution in [3.8, 4) is 34.0 Å². The summed E-state index contributed by atoms with van der Waals surface area (Å²) in [5.41, 5.74) is 4.96. The molecule has 0 N–H and O–H groups in total. The first kappa shape index (κ1) is 17.7. The van der Waals surface area contributed by atoms with E-state index in [0.717, 1.165) is 40.0 Å².